The molecule has 1 aromatic heterocycles. The molecule has 0 aliphatic carbocycles. The first kappa shape index (κ1) is 11.9. The van der Waals surface area contributed by atoms with Gasteiger partial charge in [0.15, 0.2) is 11.5 Å². The van der Waals surface area contributed by atoms with Gasteiger partial charge in [0, 0.05) is 6.20 Å². The van der Waals surface area contributed by atoms with E-state index in [0.717, 1.165) is 5.56 Å². The van der Waals surface area contributed by atoms with Crippen LogP contribution in [0.15, 0.2) is 47.7 Å². The van der Waals surface area contributed by atoms with Gasteiger partial charge in [0.1, 0.15) is 5.82 Å². The lowest BCUT2D eigenvalue weighted by atomic mass is 10.2. The minimum Gasteiger partial charge on any atom is -0.504 e. The average molecular weight is 243 g/mol. The third-order valence-corrected chi connectivity index (χ3v) is 2.26. The van der Waals surface area contributed by atoms with E-state index in [4.69, 9.17) is 4.74 Å². The van der Waals surface area contributed by atoms with Crippen molar-refractivity contribution < 1.29 is 9.84 Å². The van der Waals surface area contributed by atoms with Gasteiger partial charge in [-0.3, -0.25) is 5.43 Å². The van der Waals surface area contributed by atoms with Gasteiger partial charge in [-0.1, -0.05) is 6.07 Å². The molecule has 0 fully saturated rings. The van der Waals surface area contributed by atoms with Gasteiger partial charge in [0.2, 0.25) is 0 Å². The molecule has 18 heavy (non-hydrogen) atoms. The number of nitrogens with one attached hydrogen (secondary N) is 1. The van der Waals surface area contributed by atoms with Crippen molar-refractivity contribution in [2.75, 3.05) is 12.5 Å². The number of hydrogen-bond acceptors (Lipinski definition) is 5. The number of phenols is 1. The molecule has 0 amide bonds. The molecule has 1 heterocycles. The molecule has 92 valence electrons. The molecule has 2 aromatic rings. The van der Waals surface area contributed by atoms with E-state index >= 15 is 0 Å². The van der Waals surface area contributed by atoms with Gasteiger partial charge in [-0.25, -0.2) is 4.98 Å². The average Bonchev–Trinajstić information content (AvgIpc) is 2.40. The predicted molar refractivity (Wildman–Crippen MR) is 70.1 cm³/mol. The van der Waals surface area contributed by atoms with Crippen LogP contribution in [0, 0.1) is 0 Å². The van der Waals surface area contributed by atoms with Crippen molar-refractivity contribution in [1.82, 2.24) is 4.98 Å². The van der Waals surface area contributed by atoms with Crippen LogP contribution < -0.4 is 10.2 Å². The lowest BCUT2D eigenvalue weighted by Gasteiger charge is -2.03. The number of pyridine rings is 1. The Hall–Kier alpha value is -2.56. The molecule has 2 N–H and O–H groups in total. The van der Waals surface area contributed by atoms with Crippen LogP contribution in [0.5, 0.6) is 11.5 Å². The summed E-state index contributed by atoms with van der Waals surface area (Å²) in [5.41, 5.74) is 3.55. The zero-order valence-corrected chi connectivity index (χ0v) is 9.87. The van der Waals surface area contributed by atoms with Crippen molar-refractivity contribution >= 4 is 12.0 Å². The summed E-state index contributed by atoms with van der Waals surface area (Å²) in [6.07, 6.45) is 3.27. The summed E-state index contributed by atoms with van der Waals surface area (Å²) in [5, 5.41) is 13.6. The van der Waals surface area contributed by atoms with Gasteiger partial charge < -0.3 is 9.84 Å². The van der Waals surface area contributed by atoms with Gasteiger partial charge in [-0.2, -0.15) is 5.10 Å². The number of ether oxygens (including phenoxy) is 1. The molecule has 0 bridgehead atoms. The third kappa shape index (κ3) is 2.98. The number of hydrazone groups is 1. The second-order valence-electron chi connectivity index (χ2n) is 3.52. The molecule has 0 saturated carbocycles. The maximum atomic E-state index is 9.59. The van der Waals surface area contributed by atoms with Crippen molar-refractivity contribution in [2.24, 2.45) is 5.10 Å². The number of aromatic nitrogens is 1. The maximum Gasteiger partial charge on any atom is 0.160 e. The first-order valence-corrected chi connectivity index (χ1v) is 5.36. The van der Waals surface area contributed by atoms with E-state index in [1.54, 1.807) is 30.6 Å². The van der Waals surface area contributed by atoms with Gasteiger partial charge in [0.05, 0.1) is 13.3 Å². The Morgan fingerprint density at radius 3 is 2.89 bits per heavy atom. The first-order valence-electron chi connectivity index (χ1n) is 5.36. The lowest BCUT2D eigenvalue weighted by molar-refractivity contribution is 0.373. The summed E-state index contributed by atoms with van der Waals surface area (Å²) in [6.45, 7) is 0. The monoisotopic (exact) mass is 243 g/mol. The molecule has 1 aromatic carbocycles. The zero-order valence-electron chi connectivity index (χ0n) is 9.87. The lowest BCUT2D eigenvalue weighted by Crippen LogP contribution is -1.92. The van der Waals surface area contributed by atoms with Crippen molar-refractivity contribution in [1.29, 1.82) is 0 Å². The fourth-order valence-corrected chi connectivity index (χ4v) is 1.39. The van der Waals surface area contributed by atoms with E-state index in [0.29, 0.717) is 11.6 Å². The molecular weight excluding hydrogens is 230 g/mol. The van der Waals surface area contributed by atoms with E-state index in [2.05, 4.69) is 15.5 Å². The highest BCUT2D eigenvalue weighted by atomic mass is 16.5. The number of rotatable bonds is 4. The topological polar surface area (TPSA) is 66.7 Å². The van der Waals surface area contributed by atoms with E-state index in [-0.39, 0.29) is 5.75 Å². The Labute approximate surface area is 105 Å². The number of nitrogens with zero attached hydrogens (tertiary/aromatic N) is 2. The summed E-state index contributed by atoms with van der Waals surface area (Å²) in [7, 11) is 1.51. The molecular formula is C13H13N3O2. The van der Waals surface area contributed by atoms with Crippen LogP contribution in [-0.2, 0) is 0 Å². The maximum absolute atomic E-state index is 9.59. The summed E-state index contributed by atoms with van der Waals surface area (Å²) in [5.74, 6) is 1.18. The van der Waals surface area contributed by atoms with Crippen molar-refractivity contribution in [3.63, 3.8) is 0 Å². The molecule has 0 spiro atoms. The number of hydrogen-bond donors (Lipinski definition) is 2. The second kappa shape index (κ2) is 5.67. The fraction of sp³-hybridized carbons (Fsp3) is 0.0769. The van der Waals surface area contributed by atoms with Crippen LogP contribution in [0.1, 0.15) is 5.56 Å². The summed E-state index contributed by atoms with van der Waals surface area (Å²) >= 11 is 0. The normalized spacial score (nSPS) is 10.5. The van der Waals surface area contributed by atoms with Gasteiger partial charge >= 0.3 is 0 Å². The smallest absolute Gasteiger partial charge is 0.160 e. The van der Waals surface area contributed by atoms with Crippen molar-refractivity contribution in [2.45, 2.75) is 0 Å². The quantitative estimate of drug-likeness (QED) is 0.638. The van der Waals surface area contributed by atoms with Crippen molar-refractivity contribution in [3.05, 3.63) is 48.2 Å². The van der Waals surface area contributed by atoms with Crippen LogP contribution in [-0.4, -0.2) is 23.4 Å². The molecule has 0 aliphatic heterocycles. The predicted octanol–water partition coefficient (Wildman–Crippen LogP) is 2.24. The number of methoxy groups -OCH3 is 1. The van der Waals surface area contributed by atoms with Crippen molar-refractivity contribution in [3.8, 4) is 11.5 Å². The first-order chi connectivity index (χ1) is 8.79. The minimum atomic E-state index is 0.0827. The number of aromatic hydroxyl groups is 1. The molecule has 0 unspecified atom stereocenters. The summed E-state index contributed by atoms with van der Waals surface area (Å²) in [6, 6.07) is 10.5. The Morgan fingerprint density at radius 1 is 1.33 bits per heavy atom. The number of benzene rings is 1. The second-order valence-corrected chi connectivity index (χ2v) is 3.52. The number of anilines is 1. The largest absolute Gasteiger partial charge is 0.504 e. The standard InChI is InChI=1S/C13H13N3O2/c1-18-12-6-5-10(8-11(12)17)9-15-16-13-4-2-3-7-14-13/h2-9,17H,1H3,(H,14,16)/b15-9+. The third-order valence-electron chi connectivity index (χ3n) is 2.26. The number of phenolic OH excluding ortho intramolecular Hbond substituents is 1. The highest BCUT2D eigenvalue weighted by Crippen LogP contribution is 2.25. The summed E-state index contributed by atoms with van der Waals surface area (Å²) in [4.78, 5) is 4.06. The van der Waals surface area contributed by atoms with Crippen LogP contribution in [0.3, 0.4) is 0 Å². The molecule has 0 aliphatic rings. The minimum absolute atomic E-state index is 0.0827. The van der Waals surface area contributed by atoms with E-state index < -0.39 is 0 Å². The fourth-order valence-electron chi connectivity index (χ4n) is 1.39. The molecule has 5 nitrogen and oxygen atoms in total. The van der Waals surface area contributed by atoms with Gasteiger partial charge in [0.25, 0.3) is 0 Å². The highest BCUT2D eigenvalue weighted by molar-refractivity contribution is 5.81. The van der Waals surface area contributed by atoms with Gasteiger partial charge in [-0.05, 0) is 35.9 Å². The zero-order chi connectivity index (χ0) is 12.8. The Kier molecular flexibility index (Phi) is 3.76. The molecule has 0 atom stereocenters. The SMILES string of the molecule is COc1ccc(/C=N/Nc2ccccn2)cc1O. The van der Waals surface area contributed by atoms with Gasteiger partial charge in [-0.15, -0.1) is 0 Å². The Bertz CT molecular complexity index is 541. The van der Waals surface area contributed by atoms with E-state index in [9.17, 15) is 5.11 Å². The van der Waals surface area contributed by atoms with Crippen LogP contribution in [0.4, 0.5) is 5.82 Å². The van der Waals surface area contributed by atoms with Crippen LogP contribution in [0.2, 0.25) is 0 Å². The molecule has 2 rings (SSSR count). The van der Waals surface area contributed by atoms with E-state index in [1.165, 1.54) is 7.11 Å². The van der Waals surface area contributed by atoms with Crippen LogP contribution >= 0.6 is 0 Å². The van der Waals surface area contributed by atoms with E-state index in [1.807, 2.05) is 18.2 Å². The Balaban J connectivity index is 2.03. The molecule has 5 heteroatoms. The highest BCUT2D eigenvalue weighted by Gasteiger charge is 2.00. The summed E-state index contributed by atoms with van der Waals surface area (Å²) < 4.78 is 4.95. The Morgan fingerprint density at radius 2 is 2.22 bits per heavy atom. The molecule has 0 radical (unpaired) electrons. The van der Waals surface area contributed by atoms with Crippen LogP contribution in [0.25, 0.3) is 0 Å². The molecule has 0 saturated heterocycles.